The topological polar surface area (TPSA) is 61.1 Å². The first-order chi connectivity index (χ1) is 6.54. The highest BCUT2D eigenvalue weighted by atomic mass is 35.5. The van der Waals surface area contributed by atoms with E-state index in [0.717, 1.165) is 0 Å². The van der Waals surface area contributed by atoms with Crippen LogP contribution in [0.25, 0.3) is 0 Å². The lowest BCUT2D eigenvalue weighted by Gasteiger charge is -2.02. The molecule has 0 heterocycles. The van der Waals surface area contributed by atoms with E-state index >= 15 is 0 Å². The molecule has 0 saturated carbocycles. The predicted octanol–water partition coefficient (Wildman–Crippen LogP) is 2.49. The molecular weight excluding hydrogens is 225 g/mol. The largest absolute Gasteiger partial charge is 0.481 e. The first kappa shape index (κ1) is 10.8. The third-order valence-electron chi connectivity index (χ3n) is 1.60. The number of nitrogens with zero attached hydrogens (tertiary/aromatic N) is 1. The molecule has 0 aromatic heterocycles. The summed E-state index contributed by atoms with van der Waals surface area (Å²) in [6.45, 7) is 0. The van der Waals surface area contributed by atoms with Crippen molar-refractivity contribution in [2.75, 3.05) is 0 Å². The number of rotatable bonds is 2. The highest BCUT2D eigenvalue weighted by Gasteiger charge is 2.09. The molecule has 72 valence electrons. The van der Waals surface area contributed by atoms with Crippen molar-refractivity contribution in [1.82, 2.24) is 0 Å². The van der Waals surface area contributed by atoms with Crippen LogP contribution in [0.5, 0.6) is 0 Å². The minimum absolute atomic E-state index is 0.218. The summed E-state index contributed by atoms with van der Waals surface area (Å²) < 4.78 is 0. The number of carbonyl (C=O) groups is 1. The first-order valence-corrected chi connectivity index (χ1v) is 4.40. The number of carboxylic acid groups (broad SMARTS) is 1. The molecule has 1 N–H and O–H groups in total. The molecule has 0 unspecified atom stereocenters. The SMILES string of the molecule is N#Cc1cc(CC(=O)O)c(Cl)cc1Cl. The molecule has 14 heavy (non-hydrogen) atoms. The van der Waals surface area contributed by atoms with Crippen LogP contribution in [0.1, 0.15) is 11.1 Å². The van der Waals surface area contributed by atoms with Crippen LogP contribution in [-0.2, 0) is 11.2 Å². The van der Waals surface area contributed by atoms with Crippen molar-refractivity contribution in [1.29, 1.82) is 5.26 Å². The molecule has 0 aliphatic heterocycles. The van der Waals surface area contributed by atoms with Crippen LogP contribution in [0.2, 0.25) is 10.0 Å². The average Bonchev–Trinajstić information content (AvgIpc) is 2.09. The van der Waals surface area contributed by atoms with Crippen LogP contribution < -0.4 is 0 Å². The molecule has 5 heteroatoms. The molecule has 1 rings (SSSR count). The van der Waals surface area contributed by atoms with Gasteiger partial charge in [-0.15, -0.1) is 0 Å². The van der Waals surface area contributed by atoms with E-state index in [2.05, 4.69) is 0 Å². The van der Waals surface area contributed by atoms with E-state index in [1.54, 1.807) is 0 Å². The van der Waals surface area contributed by atoms with E-state index in [4.69, 9.17) is 33.6 Å². The Hall–Kier alpha value is -1.24. The van der Waals surface area contributed by atoms with E-state index in [1.165, 1.54) is 12.1 Å². The number of hydrogen-bond acceptors (Lipinski definition) is 2. The summed E-state index contributed by atoms with van der Waals surface area (Å²) in [5, 5.41) is 17.7. The predicted molar refractivity (Wildman–Crippen MR) is 52.5 cm³/mol. The first-order valence-electron chi connectivity index (χ1n) is 3.64. The quantitative estimate of drug-likeness (QED) is 0.848. The van der Waals surface area contributed by atoms with Gasteiger partial charge < -0.3 is 5.11 Å². The van der Waals surface area contributed by atoms with Gasteiger partial charge in [-0.1, -0.05) is 23.2 Å². The third-order valence-corrected chi connectivity index (χ3v) is 2.26. The lowest BCUT2D eigenvalue weighted by atomic mass is 10.1. The Labute approximate surface area is 90.5 Å². The highest BCUT2D eigenvalue weighted by molar-refractivity contribution is 6.35. The number of hydrogen-bond donors (Lipinski definition) is 1. The van der Waals surface area contributed by atoms with Gasteiger partial charge in [0.25, 0.3) is 0 Å². The van der Waals surface area contributed by atoms with Crippen LogP contribution in [0.4, 0.5) is 0 Å². The second-order valence-corrected chi connectivity index (χ2v) is 3.42. The summed E-state index contributed by atoms with van der Waals surface area (Å²) in [4.78, 5) is 10.4. The Morgan fingerprint density at radius 1 is 1.43 bits per heavy atom. The molecule has 0 aliphatic carbocycles. The van der Waals surface area contributed by atoms with Crippen LogP contribution in [0.3, 0.4) is 0 Å². The molecule has 0 fully saturated rings. The van der Waals surface area contributed by atoms with Crippen LogP contribution in [-0.4, -0.2) is 11.1 Å². The molecule has 0 aliphatic rings. The maximum atomic E-state index is 10.4. The second kappa shape index (κ2) is 4.32. The minimum atomic E-state index is -1.00. The van der Waals surface area contributed by atoms with E-state index in [0.29, 0.717) is 5.56 Å². The van der Waals surface area contributed by atoms with Crippen molar-refractivity contribution < 1.29 is 9.90 Å². The summed E-state index contributed by atoms with van der Waals surface area (Å²) >= 11 is 11.4. The molecule has 1 aromatic carbocycles. The molecule has 0 spiro atoms. The van der Waals surface area contributed by atoms with Gasteiger partial charge in [-0.2, -0.15) is 5.26 Å². The van der Waals surface area contributed by atoms with Gasteiger partial charge in [-0.3, -0.25) is 4.79 Å². The van der Waals surface area contributed by atoms with Gasteiger partial charge in [0, 0.05) is 5.02 Å². The van der Waals surface area contributed by atoms with Gasteiger partial charge in [0.05, 0.1) is 17.0 Å². The molecule has 0 radical (unpaired) electrons. The maximum absolute atomic E-state index is 10.4. The van der Waals surface area contributed by atoms with Crippen molar-refractivity contribution in [3.05, 3.63) is 33.3 Å². The molecule has 0 saturated heterocycles. The zero-order valence-corrected chi connectivity index (χ0v) is 8.43. The Bertz CT molecular complexity index is 424. The highest BCUT2D eigenvalue weighted by Crippen LogP contribution is 2.25. The summed E-state index contributed by atoms with van der Waals surface area (Å²) in [6.07, 6.45) is -0.218. The van der Waals surface area contributed by atoms with Crippen molar-refractivity contribution in [3.8, 4) is 6.07 Å². The number of nitriles is 1. The number of aliphatic carboxylic acids is 1. The van der Waals surface area contributed by atoms with Crippen molar-refractivity contribution in [2.45, 2.75) is 6.42 Å². The Kier molecular flexibility index (Phi) is 3.34. The maximum Gasteiger partial charge on any atom is 0.307 e. The number of carboxylic acids is 1. The summed E-state index contributed by atoms with van der Waals surface area (Å²) in [5.41, 5.74) is 0.618. The van der Waals surface area contributed by atoms with Crippen LogP contribution in [0.15, 0.2) is 12.1 Å². The van der Waals surface area contributed by atoms with Gasteiger partial charge in [0.1, 0.15) is 6.07 Å². The second-order valence-electron chi connectivity index (χ2n) is 2.61. The lowest BCUT2D eigenvalue weighted by Crippen LogP contribution is -2.01. The third kappa shape index (κ3) is 2.38. The minimum Gasteiger partial charge on any atom is -0.481 e. The van der Waals surface area contributed by atoms with Crippen molar-refractivity contribution >= 4 is 29.2 Å². The van der Waals surface area contributed by atoms with Gasteiger partial charge in [0.2, 0.25) is 0 Å². The number of benzene rings is 1. The normalized spacial score (nSPS) is 9.50. The smallest absolute Gasteiger partial charge is 0.307 e. The average molecular weight is 230 g/mol. The zero-order valence-electron chi connectivity index (χ0n) is 6.92. The summed E-state index contributed by atoms with van der Waals surface area (Å²) in [7, 11) is 0. The zero-order chi connectivity index (χ0) is 10.7. The van der Waals surface area contributed by atoms with E-state index in [1.807, 2.05) is 6.07 Å². The van der Waals surface area contributed by atoms with Gasteiger partial charge in [-0.25, -0.2) is 0 Å². The fraction of sp³-hybridized carbons (Fsp3) is 0.111. The molecule has 0 amide bonds. The molecule has 1 aromatic rings. The standard InChI is InChI=1S/C9H5Cl2NO2/c10-7-3-8(11)6(4-12)1-5(7)2-9(13)14/h1,3H,2H2,(H,13,14). The molecule has 3 nitrogen and oxygen atoms in total. The fourth-order valence-electron chi connectivity index (χ4n) is 0.978. The van der Waals surface area contributed by atoms with Crippen LogP contribution in [0, 0.1) is 11.3 Å². The van der Waals surface area contributed by atoms with E-state index < -0.39 is 5.97 Å². The van der Waals surface area contributed by atoms with E-state index in [9.17, 15) is 4.79 Å². The fourth-order valence-corrected chi connectivity index (χ4v) is 1.47. The summed E-state index contributed by atoms with van der Waals surface area (Å²) in [5.74, 6) is -1.00. The lowest BCUT2D eigenvalue weighted by molar-refractivity contribution is -0.136. The van der Waals surface area contributed by atoms with Crippen LogP contribution >= 0.6 is 23.2 Å². The Morgan fingerprint density at radius 2 is 2.07 bits per heavy atom. The monoisotopic (exact) mass is 229 g/mol. The van der Waals surface area contributed by atoms with Crippen molar-refractivity contribution in [3.63, 3.8) is 0 Å². The molecular formula is C9H5Cl2NO2. The van der Waals surface area contributed by atoms with Gasteiger partial charge in [0.15, 0.2) is 0 Å². The van der Waals surface area contributed by atoms with Crippen molar-refractivity contribution in [2.24, 2.45) is 0 Å². The van der Waals surface area contributed by atoms with Gasteiger partial charge >= 0.3 is 5.97 Å². The van der Waals surface area contributed by atoms with E-state index in [-0.39, 0.29) is 22.0 Å². The Balaban J connectivity index is 3.19. The number of halogens is 2. The molecule has 0 atom stereocenters. The summed E-state index contributed by atoms with van der Waals surface area (Å²) in [6, 6.07) is 4.62. The molecule has 0 bridgehead atoms. The van der Waals surface area contributed by atoms with Gasteiger partial charge in [-0.05, 0) is 17.7 Å². The Morgan fingerprint density at radius 3 is 2.57 bits per heavy atom.